The molecule has 40 heavy (non-hydrogen) atoms. The highest BCUT2D eigenvalue weighted by molar-refractivity contribution is 6.74. The fourth-order valence-electron chi connectivity index (χ4n) is 4.30. The van der Waals surface area contributed by atoms with Crippen molar-refractivity contribution in [2.24, 2.45) is 0 Å². The zero-order chi connectivity index (χ0) is 29.4. The third kappa shape index (κ3) is 20.6. The van der Waals surface area contributed by atoms with Gasteiger partial charge in [-0.3, -0.25) is 0 Å². The average molecular weight is 573 g/mol. The van der Waals surface area contributed by atoms with E-state index in [2.05, 4.69) is 77.2 Å². The molecule has 0 aliphatic heterocycles. The van der Waals surface area contributed by atoms with Crippen LogP contribution in [-0.2, 0) is 20.5 Å². The van der Waals surface area contributed by atoms with E-state index in [1.165, 1.54) is 82.6 Å². The Hall–Kier alpha value is -1.20. The van der Waals surface area contributed by atoms with Gasteiger partial charge in [0, 0.05) is 6.61 Å². The molecule has 4 heteroatoms. The number of hydrogen-bond donors (Lipinski definition) is 0. The lowest BCUT2D eigenvalue weighted by Gasteiger charge is -2.36. The number of unbranched alkanes of at least 4 members (excludes halogenated alkanes) is 12. The molecule has 0 heterocycles. The van der Waals surface area contributed by atoms with Gasteiger partial charge in [-0.2, -0.15) is 0 Å². The molecular weight excluding hydrogens is 508 g/mol. The van der Waals surface area contributed by atoms with Gasteiger partial charge in [0.25, 0.3) is 0 Å². The summed E-state index contributed by atoms with van der Waals surface area (Å²) in [4.78, 5) is 0. The standard InChI is InChI=1S/C36H64O3Si/c1-34(38-33-37-32-35-29-25-23-26-30-35)28-24-21-19-17-15-13-11-9-7-8-10-12-14-16-18-20-22-27-31-39-40(5,6)36(2,3)4/h13,15,21,23-26,29-30,34H,7-12,14,16-20,22,27-28,31-33H2,1-6H3/b15-13+,24-21+/t34-/m1/s1. The Morgan fingerprint density at radius 1 is 0.700 bits per heavy atom. The molecule has 0 N–H and O–H groups in total. The average Bonchev–Trinajstić information content (AvgIpc) is 2.92. The van der Waals surface area contributed by atoms with Crippen LogP contribution in [0.25, 0.3) is 0 Å². The van der Waals surface area contributed by atoms with Crippen molar-refractivity contribution < 1.29 is 13.9 Å². The van der Waals surface area contributed by atoms with Crippen molar-refractivity contribution in [2.45, 2.75) is 155 Å². The summed E-state index contributed by atoms with van der Waals surface area (Å²) in [6.07, 6.45) is 29.0. The van der Waals surface area contributed by atoms with Crippen molar-refractivity contribution in [3.63, 3.8) is 0 Å². The second kappa shape index (κ2) is 23.4. The van der Waals surface area contributed by atoms with E-state index in [1.807, 2.05) is 18.2 Å². The SMILES string of the molecule is C[C@H](C/C=C/CC/C=C/CCCCCCCCCCCCCO[Si](C)(C)C(C)(C)C)OCOCc1ccccc1. The summed E-state index contributed by atoms with van der Waals surface area (Å²) >= 11 is 0. The smallest absolute Gasteiger partial charge is 0.191 e. The predicted molar refractivity (Wildman–Crippen MR) is 177 cm³/mol. The van der Waals surface area contributed by atoms with Gasteiger partial charge in [-0.1, -0.05) is 133 Å². The van der Waals surface area contributed by atoms with Crippen molar-refractivity contribution in [1.82, 2.24) is 0 Å². The molecule has 3 nitrogen and oxygen atoms in total. The summed E-state index contributed by atoms with van der Waals surface area (Å²) in [7, 11) is -1.55. The maximum Gasteiger partial charge on any atom is 0.191 e. The lowest BCUT2D eigenvalue weighted by molar-refractivity contribution is -0.0893. The second-order valence-corrected chi connectivity index (χ2v) is 17.8. The van der Waals surface area contributed by atoms with E-state index in [0.717, 1.165) is 25.9 Å². The first-order valence-corrected chi connectivity index (χ1v) is 19.3. The summed E-state index contributed by atoms with van der Waals surface area (Å²) in [5.74, 6) is 0. The van der Waals surface area contributed by atoms with E-state index in [4.69, 9.17) is 13.9 Å². The van der Waals surface area contributed by atoms with Gasteiger partial charge in [0.2, 0.25) is 0 Å². The van der Waals surface area contributed by atoms with Crippen LogP contribution in [0.5, 0.6) is 0 Å². The number of rotatable bonds is 25. The van der Waals surface area contributed by atoms with Crippen molar-refractivity contribution >= 4 is 8.32 Å². The van der Waals surface area contributed by atoms with Gasteiger partial charge in [0.15, 0.2) is 8.32 Å². The second-order valence-electron chi connectivity index (χ2n) is 13.0. The first-order chi connectivity index (χ1) is 19.2. The zero-order valence-corrected chi connectivity index (χ0v) is 28.2. The monoisotopic (exact) mass is 572 g/mol. The molecule has 0 aliphatic carbocycles. The number of hydrogen-bond acceptors (Lipinski definition) is 3. The minimum Gasteiger partial charge on any atom is -0.417 e. The molecule has 1 rings (SSSR count). The highest BCUT2D eigenvalue weighted by Crippen LogP contribution is 2.36. The summed E-state index contributed by atoms with van der Waals surface area (Å²) in [5.41, 5.74) is 1.18. The molecule has 0 amide bonds. The molecule has 0 fully saturated rings. The van der Waals surface area contributed by atoms with E-state index in [1.54, 1.807) is 0 Å². The van der Waals surface area contributed by atoms with Gasteiger partial charge in [-0.05, 0) is 69.1 Å². The molecule has 1 atom stereocenters. The van der Waals surface area contributed by atoms with Gasteiger partial charge < -0.3 is 13.9 Å². The van der Waals surface area contributed by atoms with Crippen LogP contribution in [0.1, 0.15) is 130 Å². The maximum absolute atomic E-state index is 6.28. The van der Waals surface area contributed by atoms with Crippen LogP contribution in [0.3, 0.4) is 0 Å². The first kappa shape index (κ1) is 36.8. The van der Waals surface area contributed by atoms with E-state index in [9.17, 15) is 0 Å². The highest BCUT2D eigenvalue weighted by Gasteiger charge is 2.36. The Morgan fingerprint density at radius 2 is 1.23 bits per heavy atom. The van der Waals surface area contributed by atoms with Gasteiger partial charge >= 0.3 is 0 Å². The van der Waals surface area contributed by atoms with Crippen LogP contribution in [0, 0.1) is 0 Å². The Bertz CT molecular complexity index is 751. The summed E-state index contributed by atoms with van der Waals surface area (Å²) < 4.78 is 17.6. The molecule has 230 valence electrons. The number of ether oxygens (including phenoxy) is 2. The van der Waals surface area contributed by atoms with Crippen molar-refractivity contribution in [2.75, 3.05) is 13.4 Å². The van der Waals surface area contributed by atoms with Crippen LogP contribution >= 0.6 is 0 Å². The fraction of sp³-hybridized carbons (Fsp3) is 0.722. The molecule has 0 aliphatic rings. The van der Waals surface area contributed by atoms with Crippen LogP contribution in [0.4, 0.5) is 0 Å². The van der Waals surface area contributed by atoms with Crippen LogP contribution in [0.15, 0.2) is 54.6 Å². The van der Waals surface area contributed by atoms with Crippen LogP contribution in [-0.4, -0.2) is 27.8 Å². The summed E-state index contributed by atoms with van der Waals surface area (Å²) in [5, 5.41) is 0.331. The van der Waals surface area contributed by atoms with Gasteiger partial charge in [0.1, 0.15) is 6.79 Å². The predicted octanol–water partition coefficient (Wildman–Crippen LogP) is 11.6. The van der Waals surface area contributed by atoms with Crippen molar-refractivity contribution in [3.05, 3.63) is 60.2 Å². The molecule has 0 saturated carbocycles. The molecule has 0 saturated heterocycles. The quantitative estimate of drug-likeness (QED) is 0.0504. The Kier molecular flexibility index (Phi) is 21.5. The molecule has 0 aromatic heterocycles. The molecule has 0 bridgehead atoms. The van der Waals surface area contributed by atoms with Crippen molar-refractivity contribution in [1.29, 1.82) is 0 Å². The lowest BCUT2D eigenvalue weighted by Crippen LogP contribution is -2.40. The third-order valence-electron chi connectivity index (χ3n) is 8.13. The van der Waals surface area contributed by atoms with E-state index < -0.39 is 8.32 Å². The van der Waals surface area contributed by atoms with Crippen LogP contribution < -0.4 is 0 Å². The molecule has 0 spiro atoms. The van der Waals surface area contributed by atoms with Gasteiger partial charge in [0.05, 0.1) is 12.7 Å². The van der Waals surface area contributed by atoms with E-state index in [0.29, 0.717) is 18.4 Å². The molecule has 0 radical (unpaired) electrons. The van der Waals surface area contributed by atoms with Crippen LogP contribution in [0.2, 0.25) is 18.1 Å². The topological polar surface area (TPSA) is 27.7 Å². The number of benzene rings is 1. The lowest BCUT2D eigenvalue weighted by atomic mass is 10.1. The Morgan fingerprint density at radius 3 is 1.82 bits per heavy atom. The van der Waals surface area contributed by atoms with E-state index >= 15 is 0 Å². The molecule has 1 aromatic rings. The third-order valence-corrected chi connectivity index (χ3v) is 12.7. The molecule has 1 aromatic carbocycles. The maximum atomic E-state index is 6.28. The minimum atomic E-state index is -1.55. The summed E-state index contributed by atoms with van der Waals surface area (Å²) in [6, 6.07) is 10.2. The first-order valence-electron chi connectivity index (χ1n) is 16.4. The molecular formula is C36H64O3Si. The minimum absolute atomic E-state index is 0.186. The van der Waals surface area contributed by atoms with Gasteiger partial charge in [-0.25, -0.2) is 0 Å². The van der Waals surface area contributed by atoms with E-state index in [-0.39, 0.29) is 6.10 Å². The largest absolute Gasteiger partial charge is 0.417 e. The Balaban J connectivity index is 1.80. The Labute approximate surface area is 250 Å². The molecule has 0 unspecified atom stereocenters. The van der Waals surface area contributed by atoms with Crippen molar-refractivity contribution in [3.8, 4) is 0 Å². The normalized spacial score (nSPS) is 13.6. The fourth-order valence-corrected chi connectivity index (χ4v) is 5.39. The highest BCUT2D eigenvalue weighted by atomic mass is 28.4. The zero-order valence-electron chi connectivity index (χ0n) is 27.2. The summed E-state index contributed by atoms with van der Waals surface area (Å²) in [6.45, 7) is 15.7. The number of allylic oxidation sites excluding steroid dienone is 3. The van der Waals surface area contributed by atoms with Gasteiger partial charge in [-0.15, -0.1) is 0 Å².